The van der Waals surface area contributed by atoms with Crippen molar-refractivity contribution in [3.8, 4) is 0 Å². The molecule has 7 heteroatoms. The number of aliphatic imine (C=N–C) groups is 1. The van der Waals surface area contributed by atoms with Gasteiger partial charge < -0.3 is 20.1 Å². The summed E-state index contributed by atoms with van der Waals surface area (Å²) >= 11 is 0. The van der Waals surface area contributed by atoms with Crippen LogP contribution in [0.2, 0.25) is 0 Å². The summed E-state index contributed by atoms with van der Waals surface area (Å²) in [5.74, 6) is 1.65. The number of guanidine groups is 1. The van der Waals surface area contributed by atoms with Crippen LogP contribution in [0.3, 0.4) is 0 Å². The van der Waals surface area contributed by atoms with Gasteiger partial charge in [0.25, 0.3) is 0 Å². The van der Waals surface area contributed by atoms with Crippen LogP contribution in [-0.4, -0.2) is 42.6 Å². The van der Waals surface area contributed by atoms with Crippen molar-refractivity contribution in [1.82, 2.24) is 20.7 Å². The highest BCUT2D eigenvalue weighted by Gasteiger charge is 2.14. The number of carbonyl (C=O) groups is 1. The first kappa shape index (κ1) is 21.5. The molecular weight excluding hydrogens is 354 g/mol. The quantitative estimate of drug-likeness (QED) is 0.512. The van der Waals surface area contributed by atoms with Gasteiger partial charge >= 0.3 is 0 Å². The Hall–Kier alpha value is -2.83. The van der Waals surface area contributed by atoms with Crippen LogP contribution in [0.25, 0.3) is 0 Å². The third kappa shape index (κ3) is 6.11. The Bertz CT molecular complexity index is 749. The van der Waals surface area contributed by atoms with Crippen molar-refractivity contribution in [2.75, 3.05) is 20.6 Å². The number of aromatic nitrogens is 1. The van der Waals surface area contributed by atoms with Gasteiger partial charge in [0.05, 0.1) is 5.69 Å². The lowest BCUT2D eigenvalue weighted by Gasteiger charge is -2.18. The molecule has 1 amide bonds. The number of hydrogen-bond acceptors (Lipinski definition) is 4. The molecule has 1 aromatic heterocycles. The number of rotatable bonds is 9. The molecule has 0 radical (unpaired) electrons. The molecule has 2 rings (SSSR count). The van der Waals surface area contributed by atoms with Gasteiger partial charge in [-0.2, -0.15) is 0 Å². The van der Waals surface area contributed by atoms with E-state index < -0.39 is 0 Å². The molecule has 0 unspecified atom stereocenters. The normalized spacial score (nSPS) is 11.4. The molecule has 7 nitrogen and oxygen atoms in total. The van der Waals surface area contributed by atoms with E-state index in [2.05, 4.69) is 27.7 Å². The largest absolute Gasteiger partial charge is 0.361 e. The Balaban J connectivity index is 1.78. The molecule has 0 spiro atoms. The topological polar surface area (TPSA) is 82.8 Å². The predicted molar refractivity (Wildman–Crippen MR) is 111 cm³/mol. The van der Waals surface area contributed by atoms with Crippen LogP contribution < -0.4 is 10.6 Å². The zero-order chi connectivity index (χ0) is 20.4. The molecule has 0 saturated heterocycles. The van der Waals surface area contributed by atoms with Crippen molar-refractivity contribution < 1.29 is 9.32 Å². The Morgan fingerprint density at radius 1 is 1.18 bits per heavy atom. The van der Waals surface area contributed by atoms with E-state index in [0.717, 1.165) is 35.4 Å². The molecule has 0 aliphatic heterocycles. The SMILES string of the molecule is CCc1noc(CC)c1CNC(=NC)NCCC(=O)N(C)Cc1ccccc1. The number of aryl methyl sites for hydroxylation is 2. The van der Waals surface area contributed by atoms with Gasteiger partial charge in [-0.3, -0.25) is 9.79 Å². The van der Waals surface area contributed by atoms with Gasteiger partial charge in [-0.05, 0) is 12.0 Å². The lowest BCUT2D eigenvalue weighted by atomic mass is 10.1. The van der Waals surface area contributed by atoms with Gasteiger partial charge in [-0.1, -0.05) is 49.3 Å². The second-order valence-electron chi connectivity index (χ2n) is 6.58. The average molecular weight is 386 g/mol. The summed E-state index contributed by atoms with van der Waals surface area (Å²) in [6.07, 6.45) is 2.03. The molecule has 152 valence electrons. The second kappa shape index (κ2) is 11.1. The van der Waals surface area contributed by atoms with Crippen LogP contribution in [0.1, 0.15) is 42.8 Å². The summed E-state index contributed by atoms with van der Waals surface area (Å²) in [6, 6.07) is 9.98. The molecule has 2 N–H and O–H groups in total. The van der Waals surface area contributed by atoms with E-state index in [0.29, 0.717) is 32.0 Å². The second-order valence-corrected chi connectivity index (χ2v) is 6.58. The van der Waals surface area contributed by atoms with Crippen molar-refractivity contribution in [2.45, 2.75) is 46.2 Å². The molecule has 28 heavy (non-hydrogen) atoms. The van der Waals surface area contributed by atoms with Crippen molar-refractivity contribution >= 4 is 11.9 Å². The van der Waals surface area contributed by atoms with Crippen LogP contribution in [0.15, 0.2) is 39.8 Å². The lowest BCUT2D eigenvalue weighted by Crippen LogP contribution is -2.39. The standard InChI is InChI=1S/C21H31N5O2/c1-5-18-17(19(6-2)28-25-18)14-24-21(22-3)23-13-12-20(27)26(4)15-16-10-8-7-9-11-16/h7-11H,5-6,12-15H2,1-4H3,(H2,22,23,24). The monoisotopic (exact) mass is 385 g/mol. The first-order valence-electron chi connectivity index (χ1n) is 9.77. The van der Waals surface area contributed by atoms with Crippen LogP contribution in [0, 0.1) is 0 Å². The smallest absolute Gasteiger partial charge is 0.224 e. The number of hydrogen-bond donors (Lipinski definition) is 2. The summed E-state index contributed by atoms with van der Waals surface area (Å²) in [5.41, 5.74) is 3.18. The molecule has 0 bridgehead atoms. The van der Waals surface area contributed by atoms with E-state index >= 15 is 0 Å². The lowest BCUT2D eigenvalue weighted by molar-refractivity contribution is -0.130. The van der Waals surface area contributed by atoms with Gasteiger partial charge in [-0.15, -0.1) is 0 Å². The Morgan fingerprint density at radius 3 is 2.57 bits per heavy atom. The maximum Gasteiger partial charge on any atom is 0.224 e. The maximum absolute atomic E-state index is 12.3. The minimum absolute atomic E-state index is 0.0902. The fraction of sp³-hybridized carbons (Fsp3) is 0.476. The van der Waals surface area contributed by atoms with Crippen LogP contribution in [0.4, 0.5) is 0 Å². The fourth-order valence-electron chi connectivity index (χ4n) is 2.95. The summed E-state index contributed by atoms with van der Waals surface area (Å²) in [7, 11) is 3.54. The predicted octanol–water partition coefficient (Wildman–Crippen LogP) is 2.51. The molecule has 1 aromatic carbocycles. The highest BCUT2D eigenvalue weighted by molar-refractivity contribution is 5.81. The van der Waals surface area contributed by atoms with E-state index in [1.54, 1.807) is 11.9 Å². The van der Waals surface area contributed by atoms with Crippen molar-refractivity contribution in [2.24, 2.45) is 4.99 Å². The number of nitrogens with one attached hydrogen (secondary N) is 2. The van der Waals surface area contributed by atoms with E-state index in [9.17, 15) is 4.79 Å². The van der Waals surface area contributed by atoms with E-state index in [-0.39, 0.29) is 5.91 Å². The molecule has 1 heterocycles. The van der Waals surface area contributed by atoms with Crippen LogP contribution in [-0.2, 0) is 30.7 Å². The number of benzene rings is 1. The van der Waals surface area contributed by atoms with E-state index in [1.165, 1.54) is 0 Å². The number of carbonyl (C=O) groups excluding carboxylic acids is 1. The highest BCUT2D eigenvalue weighted by Crippen LogP contribution is 2.15. The third-order valence-electron chi connectivity index (χ3n) is 4.58. The minimum Gasteiger partial charge on any atom is -0.361 e. The van der Waals surface area contributed by atoms with E-state index in [1.807, 2.05) is 44.3 Å². The number of nitrogens with zero attached hydrogens (tertiary/aromatic N) is 3. The molecular formula is C21H31N5O2. The van der Waals surface area contributed by atoms with Gasteiger partial charge in [0.15, 0.2) is 5.96 Å². The minimum atomic E-state index is 0.0902. The van der Waals surface area contributed by atoms with Crippen molar-refractivity contribution in [3.05, 3.63) is 52.9 Å². The van der Waals surface area contributed by atoms with E-state index in [4.69, 9.17) is 4.52 Å². The summed E-state index contributed by atoms with van der Waals surface area (Å²) in [5, 5.41) is 10.6. The Labute approximate surface area is 167 Å². The average Bonchev–Trinajstić information content (AvgIpc) is 3.13. The third-order valence-corrected chi connectivity index (χ3v) is 4.58. The molecule has 2 aromatic rings. The maximum atomic E-state index is 12.3. The summed E-state index contributed by atoms with van der Waals surface area (Å²) in [4.78, 5) is 18.3. The highest BCUT2D eigenvalue weighted by atomic mass is 16.5. The number of amides is 1. The molecule has 0 fully saturated rings. The van der Waals surface area contributed by atoms with Gasteiger partial charge in [0.1, 0.15) is 5.76 Å². The molecule has 0 aliphatic rings. The van der Waals surface area contributed by atoms with Gasteiger partial charge in [0.2, 0.25) is 5.91 Å². The van der Waals surface area contributed by atoms with Gasteiger partial charge in [-0.25, -0.2) is 0 Å². The van der Waals surface area contributed by atoms with Crippen molar-refractivity contribution in [1.29, 1.82) is 0 Å². The summed E-state index contributed by atoms with van der Waals surface area (Å²) < 4.78 is 5.39. The zero-order valence-corrected chi connectivity index (χ0v) is 17.3. The summed E-state index contributed by atoms with van der Waals surface area (Å²) in [6.45, 7) is 5.83. The fourth-order valence-corrected chi connectivity index (χ4v) is 2.95. The van der Waals surface area contributed by atoms with Crippen molar-refractivity contribution in [3.63, 3.8) is 0 Å². The molecule has 0 atom stereocenters. The molecule has 0 saturated carbocycles. The van der Waals surface area contributed by atoms with Gasteiger partial charge in [0, 0.05) is 52.1 Å². The molecule has 0 aliphatic carbocycles. The first-order valence-corrected chi connectivity index (χ1v) is 9.77. The van der Waals surface area contributed by atoms with Crippen LogP contribution in [0.5, 0.6) is 0 Å². The zero-order valence-electron chi connectivity index (χ0n) is 17.3. The Morgan fingerprint density at radius 2 is 1.93 bits per heavy atom. The van der Waals surface area contributed by atoms with Crippen LogP contribution >= 0.6 is 0 Å². The Kier molecular flexibility index (Phi) is 8.52. The first-order chi connectivity index (χ1) is 13.6.